The summed E-state index contributed by atoms with van der Waals surface area (Å²) in [5.41, 5.74) is -0.436. The smallest absolute Gasteiger partial charge is 0.312 e. The molecule has 11 heteroatoms. The highest BCUT2D eigenvalue weighted by atomic mass is 19.1. The number of ketones is 1. The van der Waals surface area contributed by atoms with Crippen LogP contribution in [0.15, 0.2) is 29.1 Å². The van der Waals surface area contributed by atoms with Gasteiger partial charge in [-0.2, -0.15) is 0 Å². The van der Waals surface area contributed by atoms with Crippen molar-refractivity contribution in [3.05, 3.63) is 57.5 Å². The Morgan fingerprint density at radius 2 is 1.76 bits per heavy atom. The number of rotatable bonds is 6. The number of aryl methyl sites for hydroxylation is 1. The van der Waals surface area contributed by atoms with Gasteiger partial charge in [0, 0.05) is 40.2 Å². The molecule has 1 N–H and O–H groups in total. The fourth-order valence-corrected chi connectivity index (χ4v) is 3.84. The molecule has 0 saturated carbocycles. The average Bonchev–Trinajstić information content (AvgIpc) is 2.79. The number of halogens is 1. The van der Waals surface area contributed by atoms with Gasteiger partial charge in [0.05, 0.1) is 0 Å². The minimum absolute atomic E-state index is 0.0230. The van der Waals surface area contributed by atoms with E-state index in [1.54, 1.807) is 31.1 Å². The van der Waals surface area contributed by atoms with Crippen molar-refractivity contribution in [2.75, 3.05) is 41.3 Å². The molecule has 0 spiro atoms. The standard InChI is InChI=1S/C23H28FN5O5/c1-26(2)13-16-20-25-18(17(30)10-7-14-5-8-15(24)9-6-14)19(31)21(32)29(20)12-11-28(16)23(34)22(33)27(3)4/h5-6,8-9,16,31H,7,10-13H2,1-4H3. The molecule has 182 valence electrons. The van der Waals surface area contributed by atoms with Crippen LogP contribution in [0.25, 0.3) is 0 Å². The molecule has 1 aromatic carbocycles. The first kappa shape index (κ1) is 25.0. The number of aromatic hydroxyl groups is 1. The Morgan fingerprint density at radius 3 is 2.35 bits per heavy atom. The van der Waals surface area contributed by atoms with Crippen molar-refractivity contribution in [1.29, 1.82) is 0 Å². The minimum atomic E-state index is -0.780. The summed E-state index contributed by atoms with van der Waals surface area (Å²) in [4.78, 5) is 59.6. The summed E-state index contributed by atoms with van der Waals surface area (Å²) in [6.45, 7) is 0.338. The molecule has 3 rings (SSSR count). The first-order valence-electron chi connectivity index (χ1n) is 10.8. The number of Topliss-reactive ketones (excluding diaryl/α,β-unsaturated/α-hetero) is 1. The van der Waals surface area contributed by atoms with Crippen LogP contribution in [0.3, 0.4) is 0 Å². The number of hydrogen-bond donors (Lipinski definition) is 1. The van der Waals surface area contributed by atoms with Gasteiger partial charge in [-0.1, -0.05) is 12.1 Å². The van der Waals surface area contributed by atoms with Gasteiger partial charge in [-0.05, 0) is 38.2 Å². The van der Waals surface area contributed by atoms with E-state index >= 15 is 0 Å². The Hall–Kier alpha value is -3.60. The molecule has 1 aliphatic heterocycles. The van der Waals surface area contributed by atoms with Crippen molar-refractivity contribution >= 4 is 17.6 Å². The van der Waals surface area contributed by atoms with Gasteiger partial charge in [0.2, 0.25) is 5.75 Å². The third-order valence-electron chi connectivity index (χ3n) is 5.62. The predicted molar refractivity (Wildman–Crippen MR) is 121 cm³/mol. The molecule has 1 aromatic heterocycles. The quantitative estimate of drug-likeness (QED) is 0.478. The molecule has 1 unspecified atom stereocenters. The van der Waals surface area contributed by atoms with E-state index in [1.807, 2.05) is 0 Å². The van der Waals surface area contributed by atoms with Crippen LogP contribution in [0, 0.1) is 5.82 Å². The van der Waals surface area contributed by atoms with Crippen LogP contribution in [0.1, 0.15) is 34.3 Å². The highest BCUT2D eigenvalue weighted by Gasteiger charge is 2.38. The first-order valence-corrected chi connectivity index (χ1v) is 10.8. The zero-order valence-corrected chi connectivity index (χ0v) is 19.6. The molecule has 10 nitrogen and oxygen atoms in total. The number of carbonyl (C=O) groups excluding carboxylic acids is 3. The second-order valence-electron chi connectivity index (χ2n) is 8.65. The normalized spacial score (nSPS) is 15.2. The molecule has 2 heterocycles. The van der Waals surface area contributed by atoms with Crippen molar-refractivity contribution in [3.63, 3.8) is 0 Å². The van der Waals surface area contributed by atoms with Crippen LogP contribution in [0.2, 0.25) is 0 Å². The van der Waals surface area contributed by atoms with Crippen LogP contribution in [-0.2, 0) is 22.6 Å². The van der Waals surface area contributed by atoms with Crippen molar-refractivity contribution < 1.29 is 23.9 Å². The van der Waals surface area contributed by atoms with Crippen LogP contribution < -0.4 is 5.56 Å². The van der Waals surface area contributed by atoms with Gasteiger partial charge in [0.1, 0.15) is 17.7 Å². The number of nitrogens with zero attached hydrogens (tertiary/aromatic N) is 5. The largest absolute Gasteiger partial charge is 0.501 e. The van der Waals surface area contributed by atoms with Crippen LogP contribution in [0.5, 0.6) is 5.75 Å². The van der Waals surface area contributed by atoms with Gasteiger partial charge in [-0.15, -0.1) is 0 Å². The third-order valence-corrected chi connectivity index (χ3v) is 5.62. The Balaban J connectivity index is 1.97. The maximum atomic E-state index is 13.1. The van der Waals surface area contributed by atoms with Crippen molar-refractivity contribution in [3.8, 4) is 5.75 Å². The summed E-state index contributed by atoms with van der Waals surface area (Å²) in [5, 5.41) is 10.4. The van der Waals surface area contributed by atoms with Crippen molar-refractivity contribution in [2.45, 2.75) is 25.4 Å². The maximum Gasteiger partial charge on any atom is 0.312 e. The number of aromatic nitrogens is 2. The molecular weight excluding hydrogens is 445 g/mol. The van der Waals surface area contributed by atoms with Crippen LogP contribution in [-0.4, -0.2) is 88.2 Å². The fraction of sp³-hybridized carbons (Fsp3) is 0.435. The number of hydrogen-bond acceptors (Lipinski definition) is 7. The Labute approximate surface area is 196 Å². The highest BCUT2D eigenvalue weighted by Crippen LogP contribution is 2.26. The summed E-state index contributed by atoms with van der Waals surface area (Å²) >= 11 is 0. The molecule has 2 amide bonds. The van der Waals surface area contributed by atoms with Crippen molar-refractivity contribution in [2.24, 2.45) is 0 Å². The number of fused-ring (bicyclic) bond motifs is 1. The zero-order chi connectivity index (χ0) is 25.2. The summed E-state index contributed by atoms with van der Waals surface area (Å²) in [5.74, 6) is -3.02. The first-order chi connectivity index (χ1) is 16.0. The summed E-state index contributed by atoms with van der Waals surface area (Å²) in [6, 6.07) is 4.89. The van der Waals surface area contributed by atoms with E-state index in [4.69, 9.17) is 0 Å². The molecule has 1 aliphatic rings. The Kier molecular flexibility index (Phi) is 7.45. The predicted octanol–water partition coefficient (Wildman–Crippen LogP) is 0.437. The number of carbonyl (C=O) groups is 3. The number of benzene rings is 1. The molecular formula is C23H28FN5O5. The van der Waals surface area contributed by atoms with Crippen molar-refractivity contribution in [1.82, 2.24) is 24.3 Å². The van der Waals surface area contributed by atoms with Gasteiger partial charge in [-0.3, -0.25) is 23.7 Å². The van der Waals surface area contributed by atoms with E-state index < -0.39 is 40.8 Å². The lowest BCUT2D eigenvalue weighted by Crippen LogP contribution is -2.52. The van der Waals surface area contributed by atoms with E-state index in [1.165, 1.54) is 40.6 Å². The molecule has 0 fully saturated rings. The van der Waals surface area contributed by atoms with Gasteiger partial charge >= 0.3 is 11.8 Å². The average molecular weight is 474 g/mol. The fourth-order valence-electron chi connectivity index (χ4n) is 3.84. The molecule has 34 heavy (non-hydrogen) atoms. The van der Waals surface area contributed by atoms with E-state index in [0.717, 1.165) is 0 Å². The molecule has 0 radical (unpaired) electrons. The van der Waals surface area contributed by atoms with Gasteiger partial charge in [0.15, 0.2) is 11.5 Å². The molecule has 0 saturated heterocycles. The summed E-state index contributed by atoms with van der Waals surface area (Å²) < 4.78 is 14.4. The van der Waals surface area contributed by atoms with E-state index in [-0.39, 0.29) is 44.0 Å². The van der Waals surface area contributed by atoms with E-state index in [2.05, 4.69) is 4.98 Å². The summed E-state index contributed by atoms with van der Waals surface area (Å²) in [7, 11) is 6.47. The van der Waals surface area contributed by atoms with Crippen LogP contribution >= 0.6 is 0 Å². The number of amides is 2. The highest BCUT2D eigenvalue weighted by molar-refractivity contribution is 6.34. The van der Waals surface area contributed by atoms with Gasteiger partial charge in [0.25, 0.3) is 5.56 Å². The van der Waals surface area contributed by atoms with Gasteiger partial charge < -0.3 is 19.8 Å². The van der Waals surface area contributed by atoms with E-state index in [0.29, 0.717) is 5.56 Å². The number of likely N-dealkylation sites (N-methyl/N-ethyl adjacent to an activating group) is 2. The second-order valence-corrected chi connectivity index (χ2v) is 8.65. The molecule has 1 atom stereocenters. The monoisotopic (exact) mass is 473 g/mol. The zero-order valence-electron chi connectivity index (χ0n) is 19.6. The lowest BCUT2D eigenvalue weighted by molar-refractivity contribution is -0.153. The molecule has 0 aliphatic carbocycles. The Bertz CT molecular complexity index is 1160. The maximum absolute atomic E-state index is 13.1. The minimum Gasteiger partial charge on any atom is -0.501 e. The third kappa shape index (κ3) is 5.14. The SMILES string of the molecule is CN(C)CC1c2nc(C(=O)CCc3ccc(F)cc3)c(O)c(=O)n2CCN1C(=O)C(=O)N(C)C. The van der Waals surface area contributed by atoms with Gasteiger partial charge in [-0.25, -0.2) is 9.37 Å². The van der Waals surface area contributed by atoms with Crippen LogP contribution in [0.4, 0.5) is 4.39 Å². The lowest BCUT2D eigenvalue weighted by atomic mass is 10.0. The van der Waals surface area contributed by atoms with E-state index in [9.17, 15) is 28.7 Å². The molecule has 2 aromatic rings. The topological polar surface area (TPSA) is 116 Å². The summed E-state index contributed by atoms with van der Waals surface area (Å²) in [6.07, 6.45) is 0.205. The lowest BCUT2D eigenvalue weighted by Gasteiger charge is -2.38. The Morgan fingerprint density at radius 1 is 1.12 bits per heavy atom. The second kappa shape index (κ2) is 10.1. The molecule has 0 bridgehead atoms.